The number of hydrogen-bond acceptors (Lipinski definition) is 3. The molecule has 2 aliphatic rings. The minimum atomic E-state index is -1.76. The fourth-order valence-corrected chi connectivity index (χ4v) is 3.71. The van der Waals surface area contributed by atoms with Crippen LogP contribution in [0.1, 0.15) is 17.5 Å². The van der Waals surface area contributed by atoms with Gasteiger partial charge in [0.25, 0.3) is 11.8 Å². The first-order valence-corrected chi connectivity index (χ1v) is 8.90. The van der Waals surface area contributed by atoms with Crippen molar-refractivity contribution in [1.82, 2.24) is 10.2 Å². The van der Waals surface area contributed by atoms with Gasteiger partial charge in [0.15, 0.2) is 0 Å². The van der Waals surface area contributed by atoms with Gasteiger partial charge in [0.05, 0.1) is 12.2 Å². The van der Waals surface area contributed by atoms with E-state index in [1.807, 2.05) is 0 Å². The number of para-hydroxylation sites is 1. The summed E-state index contributed by atoms with van der Waals surface area (Å²) >= 11 is 0. The number of carbonyl (C=O) groups excluding carboxylic acids is 3. The van der Waals surface area contributed by atoms with E-state index in [-0.39, 0.29) is 18.9 Å². The number of hydrogen-bond donors (Lipinski definition) is 1. The normalized spacial score (nSPS) is 20.7. The van der Waals surface area contributed by atoms with Gasteiger partial charge in [0, 0.05) is 12.1 Å². The third-order valence-electron chi connectivity index (χ3n) is 5.08. The van der Waals surface area contributed by atoms with Crippen LogP contribution in [0, 0.1) is 5.82 Å². The molecule has 0 saturated carbocycles. The molecule has 1 spiro atoms. The minimum Gasteiger partial charge on any atom is -0.311 e. The molecule has 4 amide bonds. The monoisotopic (exact) mass is 379 g/mol. The van der Waals surface area contributed by atoms with Gasteiger partial charge in [-0.1, -0.05) is 36.4 Å². The zero-order valence-electron chi connectivity index (χ0n) is 15.0. The van der Waals surface area contributed by atoms with E-state index in [1.165, 1.54) is 17.0 Å². The first-order chi connectivity index (χ1) is 13.5. The maximum atomic E-state index is 13.4. The molecule has 0 radical (unpaired) electrons. The van der Waals surface area contributed by atoms with Crippen LogP contribution in [0.25, 0.3) is 0 Å². The van der Waals surface area contributed by atoms with Crippen LogP contribution in [0.3, 0.4) is 0 Å². The molecular weight excluding hydrogens is 361 g/mol. The number of amides is 4. The molecule has 2 aromatic carbocycles. The van der Waals surface area contributed by atoms with Gasteiger partial charge in [-0.05, 0) is 30.2 Å². The molecule has 142 valence electrons. The van der Waals surface area contributed by atoms with E-state index in [0.29, 0.717) is 23.2 Å². The molecule has 1 unspecified atom stereocenters. The fourth-order valence-electron chi connectivity index (χ4n) is 3.71. The van der Waals surface area contributed by atoms with Crippen LogP contribution in [0.2, 0.25) is 0 Å². The van der Waals surface area contributed by atoms with Crippen LogP contribution >= 0.6 is 0 Å². The maximum absolute atomic E-state index is 13.4. The van der Waals surface area contributed by atoms with Crippen molar-refractivity contribution < 1.29 is 18.8 Å². The molecule has 1 fully saturated rings. The van der Waals surface area contributed by atoms with Gasteiger partial charge >= 0.3 is 6.03 Å². The third kappa shape index (κ3) is 2.51. The molecule has 1 atom stereocenters. The number of carbonyl (C=O) groups is 3. The van der Waals surface area contributed by atoms with Crippen LogP contribution in [-0.2, 0) is 21.7 Å². The molecule has 28 heavy (non-hydrogen) atoms. The van der Waals surface area contributed by atoms with Crippen LogP contribution in [0.5, 0.6) is 0 Å². The number of imide groups is 1. The highest BCUT2D eigenvalue weighted by atomic mass is 19.1. The van der Waals surface area contributed by atoms with Gasteiger partial charge < -0.3 is 10.2 Å². The molecular formula is C21H18FN3O3. The van der Waals surface area contributed by atoms with E-state index < -0.39 is 23.4 Å². The summed E-state index contributed by atoms with van der Waals surface area (Å²) in [5.74, 6) is -1.47. The number of anilines is 1. The molecule has 1 saturated heterocycles. The lowest BCUT2D eigenvalue weighted by molar-refractivity contribution is -0.138. The standard InChI is InChI=1S/C21H18FN3O3/c1-2-3-12-24-18(26)21(23-20(24)28)16-6-4-5-7-17(16)25(19(21)27)13-14-8-10-15(22)11-9-14/h2,4-11H,1,3,12-13H2,(H,23,28). The summed E-state index contributed by atoms with van der Waals surface area (Å²) in [6.07, 6.45) is 2.04. The summed E-state index contributed by atoms with van der Waals surface area (Å²) in [4.78, 5) is 41.5. The number of fused-ring (bicyclic) bond motifs is 2. The second-order valence-corrected chi connectivity index (χ2v) is 6.75. The third-order valence-corrected chi connectivity index (χ3v) is 5.08. The number of rotatable bonds is 5. The lowest BCUT2D eigenvalue weighted by Crippen LogP contribution is -2.52. The second kappa shape index (κ2) is 6.60. The molecule has 2 heterocycles. The van der Waals surface area contributed by atoms with Gasteiger partial charge in [-0.2, -0.15) is 0 Å². The van der Waals surface area contributed by atoms with Crippen molar-refractivity contribution in [3.63, 3.8) is 0 Å². The Morgan fingerprint density at radius 2 is 1.68 bits per heavy atom. The Hall–Kier alpha value is -3.48. The average molecular weight is 379 g/mol. The van der Waals surface area contributed by atoms with E-state index in [9.17, 15) is 18.8 Å². The highest BCUT2D eigenvalue weighted by Gasteiger charge is 2.63. The van der Waals surface area contributed by atoms with E-state index in [1.54, 1.807) is 42.5 Å². The number of benzene rings is 2. The lowest BCUT2D eigenvalue weighted by Gasteiger charge is -2.22. The van der Waals surface area contributed by atoms with Gasteiger partial charge in [0.1, 0.15) is 5.82 Å². The molecule has 1 N–H and O–H groups in total. The average Bonchev–Trinajstić information content (AvgIpc) is 3.09. The van der Waals surface area contributed by atoms with E-state index in [4.69, 9.17) is 0 Å². The van der Waals surface area contributed by atoms with Gasteiger partial charge in [0.2, 0.25) is 5.54 Å². The van der Waals surface area contributed by atoms with Crippen LogP contribution in [0.15, 0.2) is 61.2 Å². The molecule has 0 bridgehead atoms. The van der Waals surface area contributed by atoms with Crippen molar-refractivity contribution in [2.75, 3.05) is 11.4 Å². The molecule has 2 aliphatic heterocycles. The summed E-state index contributed by atoms with van der Waals surface area (Å²) in [5, 5.41) is 2.62. The molecule has 2 aromatic rings. The van der Waals surface area contributed by atoms with E-state index in [0.717, 1.165) is 4.90 Å². The van der Waals surface area contributed by atoms with Crippen LogP contribution in [-0.4, -0.2) is 29.3 Å². The molecule has 7 heteroatoms. The van der Waals surface area contributed by atoms with Crippen molar-refractivity contribution >= 4 is 23.5 Å². The Morgan fingerprint density at radius 3 is 2.39 bits per heavy atom. The van der Waals surface area contributed by atoms with E-state index in [2.05, 4.69) is 11.9 Å². The smallest absolute Gasteiger partial charge is 0.311 e. The molecule has 4 rings (SSSR count). The number of halogens is 1. The highest BCUT2D eigenvalue weighted by Crippen LogP contribution is 2.44. The Balaban J connectivity index is 1.75. The molecule has 0 aromatic heterocycles. The maximum Gasteiger partial charge on any atom is 0.325 e. The lowest BCUT2D eigenvalue weighted by atomic mass is 9.91. The first-order valence-electron chi connectivity index (χ1n) is 8.90. The Morgan fingerprint density at radius 1 is 1.00 bits per heavy atom. The summed E-state index contributed by atoms with van der Waals surface area (Å²) < 4.78 is 13.2. The second-order valence-electron chi connectivity index (χ2n) is 6.75. The Kier molecular flexibility index (Phi) is 4.22. The first kappa shape index (κ1) is 17.9. The van der Waals surface area contributed by atoms with Gasteiger partial charge in [-0.25, -0.2) is 9.18 Å². The zero-order chi connectivity index (χ0) is 19.9. The van der Waals surface area contributed by atoms with Crippen molar-refractivity contribution in [3.05, 3.63) is 78.1 Å². The highest BCUT2D eigenvalue weighted by molar-refractivity contribution is 6.27. The zero-order valence-corrected chi connectivity index (χ0v) is 15.0. The van der Waals surface area contributed by atoms with Crippen molar-refractivity contribution in [2.24, 2.45) is 0 Å². The van der Waals surface area contributed by atoms with Gasteiger partial charge in [-0.3, -0.25) is 14.5 Å². The molecule has 6 nitrogen and oxygen atoms in total. The number of nitrogens with zero attached hydrogens (tertiary/aromatic N) is 2. The summed E-state index contributed by atoms with van der Waals surface area (Å²) in [6, 6.07) is 12.1. The number of urea groups is 1. The van der Waals surface area contributed by atoms with Gasteiger partial charge in [-0.15, -0.1) is 6.58 Å². The predicted molar refractivity (Wildman–Crippen MR) is 101 cm³/mol. The summed E-state index contributed by atoms with van der Waals surface area (Å²) in [7, 11) is 0. The minimum absolute atomic E-state index is 0.156. The van der Waals surface area contributed by atoms with Crippen molar-refractivity contribution in [2.45, 2.75) is 18.5 Å². The quantitative estimate of drug-likeness (QED) is 0.493. The predicted octanol–water partition coefficient (Wildman–Crippen LogP) is 2.70. The van der Waals surface area contributed by atoms with Crippen molar-refractivity contribution in [3.8, 4) is 0 Å². The van der Waals surface area contributed by atoms with Crippen LogP contribution in [0.4, 0.5) is 14.9 Å². The summed E-state index contributed by atoms with van der Waals surface area (Å²) in [6.45, 7) is 3.92. The SMILES string of the molecule is C=CCCN1C(=O)NC2(C1=O)C(=O)N(Cc1ccc(F)cc1)c1ccccc12. The topological polar surface area (TPSA) is 69.7 Å². The summed E-state index contributed by atoms with van der Waals surface area (Å²) in [5.41, 5.74) is -0.0472. The van der Waals surface area contributed by atoms with Crippen LogP contribution < -0.4 is 10.2 Å². The van der Waals surface area contributed by atoms with Crippen molar-refractivity contribution in [1.29, 1.82) is 0 Å². The fraction of sp³-hybridized carbons (Fsp3) is 0.190. The largest absolute Gasteiger partial charge is 0.325 e. The Bertz CT molecular complexity index is 989. The Labute approximate surface area is 161 Å². The number of nitrogens with one attached hydrogen (secondary N) is 1. The molecule has 0 aliphatic carbocycles. The van der Waals surface area contributed by atoms with E-state index >= 15 is 0 Å².